The molecule has 0 spiro atoms. The van der Waals surface area contributed by atoms with Crippen LogP contribution in [0.2, 0.25) is 0 Å². The minimum atomic E-state index is -0.516. The summed E-state index contributed by atoms with van der Waals surface area (Å²) in [6.45, 7) is 0.205. The van der Waals surface area contributed by atoms with Gasteiger partial charge in [0.25, 0.3) is 5.91 Å². The molecular formula is C16H11FIN3O2. The predicted octanol–water partition coefficient (Wildman–Crippen LogP) is 3.01. The molecule has 0 aliphatic rings. The van der Waals surface area contributed by atoms with Crippen LogP contribution in [-0.4, -0.2) is 21.0 Å². The first kappa shape index (κ1) is 15.6. The molecule has 0 saturated carbocycles. The third kappa shape index (κ3) is 3.24. The highest BCUT2D eigenvalue weighted by Gasteiger charge is 2.18. The van der Waals surface area contributed by atoms with E-state index < -0.39 is 5.91 Å². The molecule has 1 aromatic carbocycles. The van der Waals surface area contributed by atoms with Crippen molar-refractivity contribution >= 4 is 39.4 Å². The number of nitrogens with one attached hydrogen (secondary N) is 1. The molecule has 2 heterocycles. The number of nitrogens with zero attached hydrogens (tertiary/aromatic N) is 2. The molecule has 0 unspecified atom stereocenters. The summed E-state index contributed by atoms with van der Waals surface area (Å²) < 4.78 is 13.4. The highest BCUT2D eigenvalue weighted by atomic mass is 127. The Hall–Kier alpha value is -2.29. The monoisotopic (exact) mass is 423 g/mol. The Labute approximate surface area is 144 Å². The van der Waals surface area contributed by atoms with Crippen molar-refractivity contribution in [3.8, 4) is 5.75 Å². The largest absolute Gasteiger partial charge is 0.504 e. The second kappa shape index (κ2) is 6.45. The number of benzene rings is 1. The third-order valence-corrected chi connectivity index (χ3v) is 4.09. The van der Waals surface area contributed by atoms with Crippen LogP contribution in [0.25, 0.3) is 10.9 Å². The van der Waals surface area contributed by atoms with E-state index in [4.69, 9.17) is 0 Å². The molecule has 0 fully saturated rings. The van der Waals surface area contributed by atoms with E-state index in [0.717, 1.165) is 5.56 Å². The van der Waals surface area contributed by atoms with Gasteiger partial charge in [-0.2, -0.15) is 0 Å². The molecule has 1 amide bonds. The van der Waals surface area contributed by atoms with Crippen LogP contribution in [0.3, 0.4) is 0 Å². The van der Waals surface area contributed by atoms with Crippen molar-refractivity contribution in [2.75, 3.05) is 0 Å². The third-order valence-electron chi connectivity index (χ3n) is 3.27. The van der Waals surface area contributed by atoms with Gasteiger partial charge in [-0.25, -0.2) is 9.37 Å². The van der Waals surface area contributed by atoms with E-state index in [1.54, 1.807) is 30.5 Å². The standard InChI is InChI=1S/C16H11FIN3O2/c17-10-5-3-9(4-6-10)8-20-16(23)13-14(22)12-11(15(18)21-13)2-1-7-19-12/h1-7,22H,8H2,(H,20,23). The molecule has 3 rings (SSSR count). The van der Waals surface area contributed by atoms with E-state index in [0.29, 0.717) is 14.6 Å². The molecule has 116 valence electrons. The predicted molar refractivity (Wildman–Crippen MR) is 91.5 cm³/mol. The summed E-state index contributed by atoms with van der Waals surface area (Å²) >= 11 is 1.99. The SMILES string of the molecule is O=C(NCc1ccc(F)cc1)c1nc(I)c2cccnc2c1O. The molecule has 3 aromatic rings. The van der Waals surface area contributed by atoms with E-state index in [2.05, 4.69) is 15.3 Å². The molecule has 0 saturated heterocycles. The van der Waals surface area contributed by atoms with E-state index in [9.17, 15) is 14.3 Å². The Kier molecular flexibility index (Phi) is 4.37. The van der Waals surface area contributed by atoms with Crippen LogP contribution < -0.4 is 5.32 Å². The maximum atomic E-state index is 12.9. The van der Waals surface area contributed by atoms with Crippen LogP contribution in [-0.2, 0) is 6.54 Å². The summed E-state index contributed by atoms with van der Waals surface area (Å²) in [4.78, 5) is 20.5. The number of halogens is 2. The van der Waals surface area contributed by atoms with Crippen LogP contribution >= 0.6 is 22.6 Å². The number of carbonyl (C=O) groups excluding carboxylic acids is 1. The van der Waals surface area contributed by atoms with Gasteiger partial charge in [0.2, 0.25) is 0 Å². The van der Waals surface area contributed by atoms with Crippen molar-refractivity contribution in [2.45, 2.75) is 6.54 Å². The molecule has 2 aromatic heterocycles. The van der Waals surface area contributed by atoms with E-state index in [1.165, 1.54) is 12.1 Å². The summed E-state index contributed by atoms with van der Waals surface area (Å²) in [5.74, 6) is -1.11. The van der Waals surface area contributed by atoms with Crippen molar-refractivity contribution in [1.29, 1.82) is 0 Å². The van der Waals surface area contributed by atoms with Crippen LogP contribution in [0.4, 0.5) is 4.39 Å². The van der Waals surface area contributed by atoms with Crippen molar-refractivity contribution in [3.05, 3.63) is 63.4 Å². The molecule has 2 N–H and O–H groups in total. The van der Waals surface area contributed by atoms with Gasteiger partial charge in [0, 0.05) is 18.1 Å². The molecule has 0 aliphatic carbocycles. The van der Waals surface area contributed by atoms with E-state index in [-0.39, 0.29) is 23.8 Å². The lowest BCUT2D eigenvalue weighted by Gasteiger charge is -2.09. The molecule has 0 radical (unpaired) electrons. The molecule has 23 heavy (non-hydrogen) atoms. The Morgan fingerprint density at radius 3 is 2.74 bits per heavy atom. The second-order valence-corrected chi connectivity index (χ2v) is 5.83. The summed E-state index contributed by atoms with van der Waals surface area (Å²) in [5, 5.41) is 13.6. The van der Waals surface area contributed by atoms with Crippen LogP contribution in [0.5, 0.6) is 5.75 Å². The van der Waals surface area contributed by atoms with Crippen molar-refractivity contribution in [1.82, 2.24) is 15.3 Å². The van der Waals surface area contributed by atoms with Crippen LogP contribution in [0, 0.1) is 9.52 Å². The van der Waals surface area contributed by atoms with Gasteiger partial charge in [-0.3, -0.25) is 9.78 Å². The number of pyridine rings is 2. The second-order valence-electron chi connectivity index (χ2n) is 4.81. The first-order valence-corrected chi connectivity index (χ1v) is 7.80. The summed E-state index contributed by atoms with van der Waals surface area (Å²) in [5.41, 5.74) is 0.995. The smallest absolute Gasteiger partial charge is 0.274 e. The number of rotatable bonds is 3. The van der Waals surface area contributed by atoms with Crippen LogP contribution in [0.1, 0.15) is 16.1 Å². The van der Waals surface area contributed by atoms with Crippen molar-refractivity contribution in [3.63, 3.8) is 0 Å². The summed E-state index contributed by atoms with van der Waals surface area (Å²) in [6, 6.07) is 9.31. The number of carbonyl (C=O) groups is 1. The van der Waals surface area contributed by atoms with E-state index >= 15 is 0 Å². The number of aromatic hydroxyl groups is 1. The zero-order valence-corrected chi connectivity index (χ0v) is 13.9. The molecule has 0 aliphatic heterocycles. The zero-order valence-electron chi connectivity index (χ0n) is 11.8. The van der Waals surface area contributed by atoms with Gasteiger partial charge in [0.1, 0.15) is 15.0 Å². The quantitative estimate of drug-likeness (QED) is 0.502. The fourth-order valence-corrected chi connectivity index (χ4v) is 2.79. The van der Waals surface area contributed by atoms with Gasteiger partial charge in [0.05, 0.1) is 0 Å². The van der Waals surface area contributed by atoms with Gasteiger partial charge >= 0.3 is 0 Å². The maximum absolute atomic E-state index is 12.9. The van der Waals surface area contributed by atoms with Gasteiger partial charge in [-0.05, 0) is 52.4 Å². The average molecular weight is 423 g/mol. The Morgan fingerprint density at radius 2 is 2.00 bits per heavy atom. The number of aromatic nitrogens is 2. The highest BCUT2D eigenvalue weighted by Crippen LogP contribution is 2.28. The Bertz CT molecular complexity index is 884. The van der Waals surface area contributed by atoms with Gasteiger partial charge in [0.15, 0.2) is 11.4 Å². The number of hydrogen-bond donors (Lipinski definition) is 2. The Morgan fingerprint density at radius 1 is 1.26 bits per heavy atom. The molecular weight excluding hydrogens is 412 g/mol. The fourth-order valence-electron chi connectivity index (χ4n) is 2.11. The molecule has 0 atom stereocenters. The first-order chi connectivity index (χ1) is 11.1. The highest BCUT2D eigenvalue weighted by molar-refractivity contribution is 14.1. The van der Waals surface area contributed by atoms with Gasteiger partial charge < -0.3 is 10.4 Å². The zero-order chi connectivity index (χ0) is 16.4. The number of hydrogen-bond acceptors (Lipinski definition) is 4. The van der Waals surface area contributed by atoms with Crippen molar-refractivity contribution < 1.29 is 14.3 Å². The Balaban J connectivity index is 1.86. The van der Waals surface area contributed by atoms with Gasteiger partial charge in [-0.1, -0.05) is 12.1 Å². The maximum Gasteiger partial charge on any atom is 0.274 e. The minimum absolute atomic E-state index is 0.0808. The lowest BCUT2D eigenvalue weighted by molar-refractivity contribution is 0.0943. The lowest BCUT2D eigenvalue weighted by atomic mass is 10.2. The van der Waals surface area contributed by atoms with Crippen LogP contribution in [0.15, 0.2) is 42.6 Å². The van der Waals surface area contributed by atoms with Crippen molar-refractivity contribution in [2.24, 2.45) is 0 Å². The minimum Gasteiger partial charge on any atom is -0.504 e. The normalized spacial score (nSPS) is 10.7. The first-order valence-electron chi connectivity index (χ1n) is 6.72. The fraction of sp³-hybridized carbons (Fsp3) is 0.0625. The van der Waals surface area contributed by atoms with E-state index in [1.807, 2.05) is 22.6 Å². The summed E-state index contributed by atoms with van der Waals surface area (Å²) in [6.07, 6.45) is 1.54. The molecule has 0 bridgehead atoms. The number of fused-ring (bicyclic) bond motifs is 1. The summed E-state index contributed by atoms with van der Waals surface area (Å²) in [7, 11) is 0. The number of amides is 1. The lowest BCUT2D eigenvalue weighted by Crippen LogP contribution is -2.24. The molecule has 5 nitrogen and oxygen atoms in total. The van der Waals surface area contributed by atoms with Gasteiger partial charge in [-0.15, -0.1) is 0 Å². The molecule has 7 heteroatoms. The topological polar surface area (TPSA) is 75.1 Å². The average Bonchev–Trinajstić information content (AvgIpc) is 2.57.